The van der Waals surface area contributed by atoms with Crippen LogP contribution < -0.4 is 24.9 Å². The van der Waals surface area contributed by atoms with Crippen molar-refractivity contribution < 1.29 is 19.1 Å². The van der Waals surface area contributed by atoms with Gasteiger partial charge in [0.25, 0.3) is 5.56 Å². The molecule has 1 amide bonds. The molecule has 0 unspecified atom stereocenters. The number of rotatable bonds is 7. The SMILES string of the molecule is CCOC(=O)C1=C(C)N=c2s/c(=C/c3ccc(NC(C)=O)cc3)c(=O)n2[C@H]1c1ccccc1OC(C)C. The lowest BCUT2D eigenvalue weighted by molar-refractivity contribution is -0.139. The molecule has 2 heterocycles. The molecular weight excluding hydrogens is 490 g/mol. The van der Waals surface area contributed by atoms with Crippen molar-refractivity contribution in [2.75, 3.05) is 11.9 Å². The average Bonchev–Trinajstić information content (AvgIpc) is 3.13. The van der Waals surface area contributed by atoms with Crippen LogP contribution in [-0.4, -0.2) is 29.2 Å². The first-order valence-electron chi connectivity index (χ1n) is 12.0. The average molecular weight is 520 g/mol. The van der Waals surface area contributed by atoms with Crippen LogP contribution in [0.5, 0.6) is 5.75 Å². The van der Waals surface area contributed by atoms with Crippen LogP contribution in [0, 0.1) is 0 Å². The van der Waals surface area contributed by atoms with E-state index in [4.69, 9.17) is 9.47 Å². The van der Waals surface area contributed by atoms with E-state index in [1.807, 2.05) is 50.2 Å². The molecule has 1 aliphatic rings. The standard InChI is InChI=1S/C28H29N3O5S/c1-6-35-27(34)24-17(4)29-28-31(25(24)21-9-7-8-10-22(21)36-16(2)3)26(33)23(37-28)15-19-11-13-20(14-12-19)30-18(5)32/h7-16,25H,6H2,1-5H3,(H,30,32)/b23-15+/t25-/m0/s1. The van der Waals surface area contributed by atoms with Gasteiger partial charge in [0.1, 0.15) is 11.8 Å². The number of nitrogens with zero attached hydrogens (tertiary/aromatic N) is 2. The fourth-order valence-corrected chi connectivity index (χ4v) is 5.22. The van der Waals surface area contributed by atoms with Crippen molar-refractivity contribution in [2.24, 2.45) is 4.99 Å². The molecule has 1 atom stereocenters. The number of thiazole rings is 1. The Hall–Kier alpha value is -3.98. The zero-order valence-corrected chi connectivity index (χ0v) is 22.2. The molecule has 0 saturated heterocycles. The lowest BCUT2D eigenvalue weighted by Gasteiger charge is -2.26. The van der Waals surface area contributed by atoms with Crippen molar-refractivity contribution in [2.45, 2.75) is 46.8 Å². The zero-order valence-electron chi connectivity index (χ0n) is 21.4. The Morgan fingerprint density at radius 2 is 1.86 bits per heavy atom. The predicted octanol–water partition coefficient (Wildman–Crippen LogP) is 3.54. The Kier molecular flexibility index (Phi) is 7.73. The topological polar surface area (TPSA) is 99.0 Å². The number of carbonyl (C=O) groups excluding carboxylic acids is 2. The van der Waals surface area contributed by atoms with Crippen molar-refractivity contribution in [3.63, 3.8) is 0 Å². The number of anilines is 1. The van der Waals surface area contributed by atoms with Gasteiger partial charge in [-0.2, -0.15) is 0 Å². The van der Waals surface area contributed by atoms with E-state index in [0.717, 1.165) is 5.56 Å². The van der Waals surface area contributed by atoms with Gasteiger partial charge in [0, 0.05) is 18.2 Å². The van der Waals surface area contributed by atoms with Crippen LogP contribution in [0.1, 0.15) is 51.8 Å². The molecule has 0 saturated carbocycles. The van der Waals surface area contributed by atoms with E-state index in [0.29, 0.717) is 37.6 Å². The number of para-hydroxylation sites is 1. The van der Waals surface area contributed by atoms with Gasteiger partial charge in [0.15, 0.2) is 4.80 Å². The molecule has 1 N–H and O–H groups in total. The summed E-state index contributed by atoms with van der Waals surface area (Å²) in [6, 6.07) is 13.8. The highest BCUT2D eigenvalue weighted by atomic mass is 32.1. The first-order valence-corrected chi connectivity index (χ1v) is 12.8. The Morgan fingerprint density at radius 1 is 1.16 bits per heavy atom. The molecule has 0 fully saturated rings. The van der Waals surface area contributed by atoms with Gasteiger partial charge in [-0.3, -0.25) is 14.2 Å². The Labute approximate surface area is 218 Å². The highest BCUT2D eigenvalue weighted by molar-refractivity contribution is 7.07. The third-order valence-corrected chi connectivity index (χ3v) is 6.61. The van der Waals surface area contributed by atoms with Crippen molar-refractivity contribution in [1.82, 2.24) is 4.57 Å². The second-order valence-corrected chi connectivity index (χ2v) is 9.82. The van der Waals surface area contributed by atoms with Crippen LogP contribution >= 0.6 is 11.3 Å². The van der Waals surface area contributed by atoms with E-state index < -0.39 is 12.0 Å². The maximum absolute atomic E-state index is 13.8. The number of ether oxygens (including phenoxy) is 2. The van der Waals surface area contributed by atoms with Crippen LogP contribution in [0.25, 0.3) is 6.08 Å². The monoisotopic (exact) mass is 519 g/mol. The molecule has 8 nitrogen and oxygen atoms in total. The molecular formula is C28H29N3O5S. The highest BCUT2D eigenvalue weighted by Crippen LogP contribution is 2.36. The van der Waals surface area contributed by atoms with Gasteiger partial charge < -0.3 is 14.8 Å². The largest absolute Gasteiger partial charge is 0.491 e. The number of hydrogen-bond donors (Lipinski definition) is 1. The number of fused-ring (bicyclic) bond motifs is 1. The van der Waals surface area contributed by atoms with E-state index in [-0.39, 0.29) is 24.2 Å². The third-order valence-electron chi connectivity index (χ3n) is 5.62. The lowest BCUT2D eigenvalue weighted by atomic mass is 9.95. The molecule has 37 heavy (non-hydrogen) atoms. The van der Waals surface area contributed by atoms with Crippen molar-refractivity contribution in [1.29, 1.82) is 0 Å². The second kappa shape index (κ2) is 11.0. The van der Waals surface area contributed by atoms with Gasteiger partial charge in [0.2, 0.25) is 5.91 Å². The summed E-state index contributed by atoms with van der Waals surface area (Å²) in [6.07, 6.45) is 1.67. The van der Waals surface area contributed by atoms with E-state index in [1.54, 1.807) is 36.6 Å². The molecule has 0 bridgehead atoms. The van der Waals surface area contributed by atoms with Crippen LogP contribution in [0.2, 0.25) is 0 Å². The third kappa shape index (κ3) is 5.56. The summed E-state index contributed by atoms with van der Waals surface area (Å²) >= 11 is 1.25. The quantitative estimate of drug-likeness (QED) is 0.482. The smallest absolute Gasteiger partial charge is 0.338 e. The minimum absolute atomic E-state index is 0.103. The maximum Gasteiger partial charge on any atom is 0.338 e. The van der Waals surface area contributed by atoms with Crippen LogP contribution in [-0.2, 0) is 14.3 Å². The van der Waals surface area contributed by atoms with Crippen LogP contribution in [0.3, 0.4) is 0 Å². The fraction of sp³-hybridized carbons (Fsp3) is 0.286. The van der Waals surface area contributed by atoms with Crippen molar-refractivity contribution in [3.8, 4) is 5.75 Å². The van der Waals surface area contributed by atoms with E-state index in [2.05, 4.69) is 10.3 Å². The Bertz CT molecular complexity index is 1550. The summed E-state index contributed by atoms with van der Waals surface area (Å²) in [5, 5.41) is 2.73. The molecule has 4 rings (SSSR count). The van der Waals surface area contributed by atoms with E-state index in [1.165, 1.54) is 18.3 Å². The number of nitrogens with one attached hydrogen (secondary N) is 1. The normalized spacial score (nSPS) is 15.3. The second-order valence-electron chi connectivity index (χ2n) is 8.81. The molecule has 0 aliphatic carbocycles. The first-order chi connectivity index (χ1) is 17.7. The minimum atomic E-state index is -0.755. The summed E-state index contributed by atoms with van der Waals surface area (Å²) < 4.78 is 13.5. The number of allylic oxidation sites excluding steroid dienone is 1. The molecule has 2 aromatic carbocycles. The van der Waals surface area contributed by atoms with Gasteiger partial charge in [-0.05, 0) is 57.5 Å². The molecule has 0 spiro atoms. The van der Waals surface area contributed by atoms with Crippen molar-refractivity contribution in [3.05, 3.63) is 90.6 Å². The molecule has 192 valence electrons. The number of hydrogen-bond acceptors (Lipinski definition) is 7. The minimum Gasteiger partial charge on any atom is -0.491 e. The number of esters is 1. The summed E-state index contributed by atoms with van der Waals surface area (Å²) in [6.45, 7) is 8.99. The van der Waals surface area contributed by atoms with E-state index >= 15 is 0 Å². The molecule has 1 aliphatic heterocycles. The molecule has 0 radical (unpaired) electrons. The van der Waals surface area contributed by atoms with Gasteiger partial charge in [-0.1, -0.05) is 41.7 Å². The number of benzene rings is 2. The molecule has 9 heteroatoms. The van der Waals surface area contributed by atoms with Gasteiger partial charge in [-0.15, -0.1) is 0 Å². The summed E-state index contributed by atoms with van der Waals surface area (Å²) in [5.74, 6) is -0.0892. The summed E-state index contributed by atoms with van der Waals surface area (Å²) in [4.78, 5) is 43.3. The highest BCUT2D eigenvalue weighted by Gasteiger charge is 2.35. The van der Waals surface area contributed by atoms with Gasteiger partial charge in [0.05, 0.1) is 28.5 Å². The lowest BCUT2D eigenvalue weighted by Crippen LogP contribution is -2.40. The first kappa shape index (κ1) is 26.1. The zero-order chi connectivity index (χ0) is 26.7. The summed E-state index contributed by atoms with van der Waals surface area (Å²) in [5.41, 5.74) is 2.67. The van der Waals surface area contributed by atoms with Crippen LogP contribution in [0.15, 0.2) is 69.6 Å². The number of carbonyl (C=O) groups is 2. The maximum atomic E-state index is 13.8. The van der Waals surface area contributed by atoms with E-state index in [9.17, 15) is 14.4 Å². The molecule has 1 aromatic heterocycles. The van der Waals surface area contributed by atoms with Crippen molar-refractivity contribution >= 4 is 35.0 Å². The number of amides is 1. The Morgan fingerprint density at radius 3 is 2.51 bits per heavy atom. The predicted molar refractivity (Wildman–Crippen MR) is 143 cm³/mol. The molecule has 3 aromatic rings. The summed E-state index contributed by atoms with van der Waals surface area (Å²) in [7, 11) is 0. The van der Waals surface area contributed by atoms with Gasteiger partial charge in [-0.25, -0.2) is 9.79 Å². The fourth-order valence-electron chi connectivity index (χ4n) is 4.17. The Balaban J connectivity index is 1.90. The van der Waals surface area contributed by atoms with Crippen LogP contribution in [0.4, 0.5) is 5.69 Å². The number of aromatic nitrogens is 1. The van der Waals surface area contributed by atoms with Gasteiger partial charge >= 0.3 is 5.97 Å².